The zero-order valence-electron chi connectivity index (χ0n) is 17.4. The van der Waals surface area contributed by atoms with Gasteiger partial charge in [-0.25, -0.2) is 4.79 Å². The average molecular weight is 373 g/mol. The lowest BCUT2D eigenvalue weighted by molar-refractivity contribution is -0.132. The molecular weight excluding hydrogens is 332 g/mol. The van der Waals surface area contributed by atoms with Crippen molar-refractivity contribution in [2.24, 2.45) is 0 Å². The summed E-state index contributed by atoms with van der Waals surface area (Å²) in [6.07, 6.45) is 21.0. The number of carboxylic acids is 1. The molecule has 0 saturated carbocycles. The van der Waals surface area contributed by atoms with Gasteiger partial charge in [0.25, 0.3) is 0 Å². The summed E-state index contributed by atoms with van der Waals surface area (Å²) in [7, 11) is 0. The first-order valence-electron chi connectivity index (χ1n) is 11.2. The molecule has 0 aliphatic heterocycles. The summed E-state index contributed by atoms with van der Waals surface area (Å²) in [6.45, 7) is 2.27. The molecule has 1 N–H and O–H groups in total. The summed E-state index contributed by atoms with van der Waals surface area (Å²) in [6, 6.07) is 9.74. The van der Waals surface area contributed by atoms with Crippen molar-refractivity contribution in [2.45, 2.75) is 103 Å². The highest BCUT2D eigenvalue weighted by atomic mass is 16.4. The first-order valence-corrected chi connectivity index (χ1v) is 11.2. The third kappa shape index (κ3) is 13.3. The van der Waals surface area contributed by atoms with Crippen molar-refractivity contribution >= 4 is 12.0 Å². The monoisotopic (exact) mass is 372 g/mol. The van der Waals surface area contributed by atoms with Crippen LogP contribution in [0.5, 0.6) is 0 Å². The second-order valence-corrected chi connectivity index (χ2v) is 7.73. The van der Waals surface area contributed by atoms with Crippen molar-refractivity contribution in [2.75, 3.05) is 0 Å². The minimum atomic E-state index is -0.784. The molecule has 0 aliphatic rings. The number of aliphatic carboxylic acids is 1. The van der Waals surface area contributed by atoms with Crippen LogP contribution in [0.3, 0.4) is 0 Å². The first kappa shape index (κ1) is 23.5. The van der Waals surface area contributed by atoms with Gasteiger partial charge in [-0.1, -0.05) is 121 Å². The van der Waals surface area contributed by atoms with E-state index in [-0.39, 0.29) is 0 Å². The van der Waals surface area contributed by atoms with Crippen LogP contribution >= 0.6 is 0 Å². The second kappa shape index (κ2) is 16.6. The fourth-order valence-corrected chi connectivity index (χ4v) is 3.50. The van der Waals surface area contributed by atoms with E-state index in [2.05, 4.69) is 6.92 Å². The first-order chi connectivity index (χ1) is 13.2. The van der Waals surface area contributed by atoms with Gasteiger partial charge in [-0.05, 0) is 24.5 Å². The zero-order chi connectivity index (χ0) is 19.6. The number of carbonyl (C=O) groups is 1. The fraction of sp³-hybridized carbons (Fsp3) is 0.640. The Labute approximate surface area is 167 Å². The lowest BCUT2D eigenvalue weighted by Crippen LogP contribution is -2.00. The minimum absolute atomic E-state index is 0.528. The summed E-state index contributed by atoms with van der Waals surface area (Å²) in [5.41, 5.74) is 1.50. The molecule has 0 saturated heterocycles. The highest BCUT2D eigenvalue weighted by Gasteiger charge is 2.07. The molecule has 0 heterocycles. The molecule has 0 unspecified atom stereocenters. The molecule has 0 atom stereocenters. The molecule has 2 nitrogen and oxygen atoms in total. The molecule has 1 aromatic carbocycles. The largest absolute Gasteiger partial charge is 0.478 e. The number of rotatable bonds is 17. The van der Waals surface area contributed by atoms with Gasteiger partial charge in [-0.3, -0.25) is 0 Å². The Kier molecular flexibility index (Phi) is 14.4. The van der Waals surface area contributed by atoms with E-state index in [0.717, 1.165) is 18.4 Å². The molecule has 0 aliphatic carbocycles. The Balaban J connectivity index is 1.98. The summed E-state index contributed by atoms with van der Waals surface area (Å²) in [5, 5.41) is 9.37. The summed E-state index contributed by atoms with van der Waals surface area (Å²) < 4.78 is 0. The third-order valence-electron chi connectivity index (χ3n) is 5.21. The Hall–Kier alpha value is -1.57. The number of carboxylic acid groups (broad SMARTS) is 1. The number of hydrogen-bond donors (Lipinski definition) is 1. The van der Waals surface area contributed by atoms with Crippen LogP contribution < -0.4 is 0 Å². The van der Waals surface area contributed by atoms with Crippen molar-refractivity contribution in [3.63, 3.8) is 0 Å². The predicted octanol–water partition coefficient (Wildman–Crippen LogP) is 8.03. The Bertz CT molecular complexity index is 504. The maximum Gasteiger partial charge on any atom is 0.331 e. The number of hydrogen-bond acceptors (Lipinski definition) is 1. The third-order valence-corrected chi connectivity index (χ3v) is 5.21. The topological polar surface area (TPSA) is 37.3 Å². The van der Waals surface area contributed by atoms with E-state index in [1.54, 1.807) is 0 Å². The molecule has 0 aromatic heterocycles. The molecule has 27 heavy (non-hydrogen) atoms. The van der Waals surface area contributed by atoms with E-state index >= 15 is 0 Å². The molecule has 1 rings (SSSR count). The van der Waals surface area contributed by atoms with Gasteiger partial charge < -0.3 is 5.11 Å². The summed E-state index contributed by atoms with van der Waals surface area (Å²) in [4.78, 5) is 11.4. The quantitative estimate of drug-likeness (QED) is 0.222. The van der Waals surface area contributed by atoms with Crippen molar-refractivity contribution in [3.8, 4) is 0 Å². The van der Waals surface area contributed by atoms with Gasteiger partial charge in [0.15, 0.2) is 0 Å². The molecule has 0 bridgehead atoms. The fourth-order valence-electron chi connectivity index (χ4n) is 3.50. The van der Waals surface area contributed by atoms with Crippen molar-refractivity contribution < 1.29 is 9.90 Å². The van der Waals surface area contributed by atoms with E-state index in [4.69, 9.17) is 0 Å². The van der Waals surface area contributed by atoms with E-state index in [1.165, 1.54) is 77.0 Å². The van der Waals surface area contributed by atoms with E-state index in [0.29, 0.717) is 12.0 Å². The lowest BCUT2D eigenvalue weighted by atomic mass is 10.0. The predicted molar refractivity (Wildman–Crippen MR) is 117 cm³/mol. The zero-order valence-corrected chi connectivity index (χ0v) is 17.4. The van der Waals surface area contributed by atoms with Gasteiger partial charge in [0.2, 0.25) is 0 Å². The van der Waals surface area contributed by atoms with Crippen LogP contribution in [0, 0.1) is 0 Å². The second-order valence-electron chi connectivity index (χ2n) is 7.73. The Morgan fingerprint density at radius 3 is 1.63 bits per heavy atom. The van der Waals surface area contributed by atoms with E-state index in [1.807, 2.05) is 36.4 Å². The summed E-state index contributed by atoms with van der Waals surface area (Å²) >= 11 is 0. The van der Waals surface area contributed by atoms with Gasteiger partial charge in [-0.15, -0.1) is 0 Å². The lowest BCUT2D eigenvalue weighted by Gasteiger charge is -2.05. The standard InChI is InChI=1S/C25H40O2/c1-2-3-4-5-6-7-8-9-10-11-12-13-14-18-21-24(25(26)27)22-23-19-16-15-17-20-23/h15-17,19-20,22H,2-14,18,21H2,1H3,(H,26,27). The Morgan fingerprint density at radius 2 is 1.19 bits per heavy atom. The molecule has 0 fully saturated rings. The molecule has 0 spiro atoms. The van der Waals surface area contributed by atoms with Crippen LogP contribution in [0.2, 0.25) is 0 Å². The molecule has 1 aromatic rings. The van der Waals surface area contributed by atoms with Crippen LogP contribution in [0.15, 0.2) is 35.9 Å². The van der Waals surface area contributed by atoms with Gasteiger partial charge in [0, 0.05) is 5.57 Å². The van der Waals surface area contributed by atoms with E-state index < -0.39 is 5.97 Å². The van der Waals surface area contributed by atoms with E-state index in [9.17, 15) is 9.90 Å². The molecule has 0 amide bonds. The van der Waals surface area contributed by atoms with Crippen molar-refractivity contribution in [1.29, 1.82) is 0 Å². The Morgan fingerprint density at radius 1 is 0.741 bits per heavy atom. The van der Waals surface area contributed by atoms with Gasteiger partial charge in [0.1, 0.15) is 0 Å². The normalized spacial score (nSPS) is 11.7. The maximum atomic E-state index is 11.4. The van der Waals surface area contributed by atoms with Gasteiger partial charge in [0.05, 0.1) is 0 Å². The van der Waals surface area contributed by atoms with Crippen LogP contribution in [0.4, 0.5) is 0 Å². The van der Waals surface area contributed by atoms with Gasteiger partial charge in [-0.2, -0.15) is 0 Å². The number of unbranched alkanes of at least 4 members (excludes halogenated alkanes) is 13. The molecular formula is C25H40O2. The van der Waals surface area contributed by atoms with Crippen LogP contribution in [0.25, 0.3) is 6.08 Å². The highest BCUT2D eigenvalue weighted by molar-refractivity contribution is 5.92. The van der Waals surface area contributed by atoms with Crippen LogP contribution in [0.1, 0.15) is 109 Å². The SMILES string of the molecule is CCCCCCCCCCCCCCCCC(=Cc1ccccc1)C(=O)O. The van der Waals surface area contributed by atoms with Crippen LogP contribution in [-0.4, -0.2) is 11.1 Å². The minimum Gasteiger partial charge on any atom is -0.478 e. The van der Waals surface area contributed by atoms with Crippen LogP contribution in [-0.2, 0) is 4.79 Å². The molecule has 152 valence electrons. The molecule has 0 radical (unpaired) electrons. The number of benzene rings is 1. The average Bonchev–Trinajstić information content (AvgIpc) is 2.68. The maximum absolute atomic E-state index is 11.4. The highest BCUT2D eigenvalue weighted by Crippen LogP contribution is 2.16. The summed E-state index contributed by atoms with van der Waals surface area (Å²) in [5.74, 6) is -0.784. The van der Waals surface area contributed by atoms with Crippen molar-refractivity contribution in [1.82, 2.24) is 0 Å². The van der Waals surface area contributed by atoms with Gasteiger partial charge >= 0.3 is 5.97 Å². The van der Waals surface area contributed by atoms with Crippen molar-refractivity contribution in [3.05, 3.63) is 41.5 Å². The smallest absolute Gasteiger partial charge is 0.331 e. The molecule has 2 heteroatoms.